The molecule has 1 aromatic rings. The van der Waals surface area contributed by atoms with E-state index in [1.165, 1.54) is 37.7 Å². The maximum atomic E-state index is 6.10. The fourth-order valence-electron chi connectivity index (χ4n) is 5.46. The Bertz CT molecular complexity index is 450. The molecular weight excluding hydrogens is 246 g/mol. The lowest BCUT2D eigenvalue weighted by molar-refractivity contribution is -0.0442. The molecule has 4 aliphatic rings. The zero-order chi connectivity index (χ0) is 13.7. The van der Waals surface area contributed by atoms with Gasteiger partial charge in [0, 0.05) is 24.3 Å². The molecule has 110 valence electrons. The van der Waals surface area contributed by atoms with E-state index in [9.17, 15) is 0 Å². The lowest BCUT2D eigenvalue weighted by Crippen LogP contribution is -2.46. The number of nitrogens with zero attached hydrogens (tertiary/aromatic N) is 2. The summed E-state index contributed by atoms with van der Waals surface area (Å²) in [5.74, 6) is 4.98. The summed E-state index contributed by atoms with van der Waals surface area (Å²) in [7, 11) is 0. The van der Waals surface area contributed by atoms with Gasteiger partial charge in [-0.15, -0.1) is 0 Å². The summed E-state index contributed by atoms with van der Waals surface area (Å²) in [6.45, 7) is 3.27. The monoisotopic (exact) mass is 273 g/mol. The number of rotatable bonds is 4. The van der Waals surface area contributed by atoms with Gasteiger partial charge in [-0.3, -0.25) is 4.68 Å². The van der Waals surface area contributed by atoms with Crippen molar-refractivity contribution in [2.45, 2.75) is 58.0 Å². The van der Waals surface area contributed by atoms with Crippen LogP contribution in [0.1, 0.15) is 57.1 Å². The molecule has 0 aromatic carbocycles. The molecule has 1 atom stereocenters. The topological polar surface area (TPSA) is 43.8 Å². The molecule has 4 fully saturated rings. The van der Waals surface area contributed by atoms with Gasteiger partial charge < -0.3 is 5.73 Å². The van der Waals surface area contributed by atoms with Gasteiger partial charge in [-0.1, -0.05) is 6.92 Å². The summed E-state index contributed by atoms with van der Waals surface area (Å²) in [6.07, 6.45) is 12.7. The summed E-state index contributed by atoms with van der Waals surface area (Å²) >= 11 is 0. The van der Waals surface area contributed by atoms with Crippen molar-refractivity contribution < 1.29 is 0 Å². The van der Waals surface area contributed by atoms with Crippen LogP contribution in [0.3, 0.4) is 0 Å². The molecule has 0 radical (unpaired) electrons. The number of hydrogen-bond donors (Lipinski definition) is 1. The van der Waals surface area contributed by atoms with Crippen LogP contribution in [-0.2, 0) is 6.54 Å². The number of aromatic nitrogens is 2. The SMILES string of the molecule is CCC(N)c1cnn(CC2C3CC4CC(C3)CC2C4)c1. The van der Waals surface area contributed by atoms with Crippen LogP contribution in [0.5, 0.6) is 0 Å². The van der Waals surface area contributed by atoms with E-state index in [-0.39, 0.29) is 6.04 Å². The van der Waals surface area contributed by atoms with Gasteiger partial charge in [0.2, 0.25) is 0 Å². The Morgan fingerprint density at radius 2 is 1.85 bits per heavy atom. The quantitative estimate of drug-likeness (QED) is 0.914. The van der Waals surface area contributed by atoms with Crippen LogP contribution in [0.2, 0.25) is 0 Å². The molecule has 20 heavy (non-hydrogen) atoms. The van der Waals surface area contributed by atoms with Crippen molar-refractivity contribution in [1.82, 2.24) is 9.78 Å². The second kappa shape index (κ2) is 4.87. The van der Waals surface area contributed by atoms with Gasteiger partial charge in [-0.2, -0.15) is 5.10 Å². The van der Waals surface area contributed by atoms with Gasteiger partial charge in [0.25, 0.3) is 0 Å². The van der Waals surface area contributed by atoms with Gasteiger partial charge in [-0.25, -0.2) is 0 Å². The van der Waals surface area contributed by atoms with Crippen molar-refractivity contribution in [2.75, 3.05) is 0 Å². The van der Waals surface area contributed by atoms with E-state index >= 15 is 0 Å². The maximum absolute atomic E-state index is 6.10. The molecule has 3 heteroatoms. The highest BCUT2D eigenvalue weighted by Gasteiger charge is 2.48. The van der Waals surface area contributed by atoms with Crippen LogP contribution >= 0.6 is 0 Å². The van der Waals surface area contributed by atoms with Crippen molar-refractivity contribution >= 4 is 0 Å². The van der Waals surface area contributed by atoms with Crippen LogP contribution in [0.15, 0.2) is 12.4 Å². The normalized spacial score (nSPS) is 40.2. The average Bonchev–Trinajstić information content (AvgIpc) is 2.90. The molecule has 4 saturated carbocycles. The summed E-state index contributed by atoms with van der Waals surface area (Å²) in [4.78, 5) is 0. The van der Waals surface area contributed by atoms with Gasteiger partial charge in [0.05, 0.1) is 6.20 Å². The standard InChI is InChI=1S/C17H27N3/c1-2-17(18)15-8-19-20(9-15)10-16-13-4-11-3-12(6-13)7-14(16)5-11/h8-9,11-14,16-17H,2-7,10,18H2,1H3. The predicted octanol–water partition coefficient (Wildman–Crippen LogP) is 3.37. The second-order valence-electron chi connectivity index (χ2n) is 7.61. The van der Waals surface area contributed by atoms with Gasteiger partial charge in [0.15, 0.2) is 0 Å². The van der Waals surface area contributed by atoms with Crippen LogP contribution in [0.25, 0.3) is 0 Å². The molecule has 5 rings (SSSR count). The third kappa shape index (κ3) is 2.11. The first-order valence-electron chi connectivity index (χ1n) is 8.50. The Morgan fingerprint density at radius 3 is 2.45 bits per heavy atom. The summed E-state index contributed by atoms with van der Waals surface area (Å²) in [5, 5.41) is 4.57. The first kappa shape index (κ1) is 12.9. The van der Waals surface area contributed by atoms with E-state index in [0.29, 0.717) is 0 Å². The maximum Gasteiger partial charge on any atom is 0.0537 e. The minimum atomic E-state index is 0.155. The Hall–Kier alpha value is -0.830. The lowest BCUT2D eigenvalue weighted by atomic mass is 9.52. The zero-order valence-corrected chi connectivity index (χ0v) is 12.5. The van der Waals surface area contributed by atoms with Crippen LogP contribution in [0.4, 0.5) is 0 Å². The molecule has 4 bridgehead atoms. The molecule has 1 unspecified atom stereocenters. The molecule has 1 heterocycles. The van der Waals surface area contributed by atoms with Gasteiger partial charge in [0.1, 0.15) is 0 Å². The summed E-state index contributed by atoms with van der Waals surface area (Å²) in [6, 6.07) is 0.155. The number of hydrogen-bond acceptors (Lipinski definition) is 2. The van der Waals surface area contributed by atoms with Crippen LogP contribution in [0, 0.1) is 29.6 Å². The molecule has 1 aromatic heterocycles. The third-order valence-electron chi connectivity index (χ3n) is 6.34. The fraction of sp³-hybridized carbons (Fsp3) is 0.824. The molecule has 2 N–H and O–H groups in total. The molecule has 0 saturated heterocycles. The van der Waals surface area contributed by atoms with Crippen molar-refractivity contribution in [3.63, 3.8) is 0 Å². The Kier molecular flexibility index (Phi) is 3.13. The van der Waals surface area contributed by atoms with Crippen molar-refractivity contribution in [2.24, 2.45) is 35.3 Å². The van der Waals surface area contributed by atoms with E-state index in [0.717, 1.165) is 42.6 Å². The van der Waals surface area contributed by atoms with Crippen molar-refractivity contribution in [1.29, 1.82) is 0 Å². The Morgan fingerprint density at radius 1 is 1.20 bits per heavy atom. The van der Waals surface area contributed by atoms with Crippen LogP contribution in [-0.4, -0.2) is 9.78 Å². The summed E-state index contributed by atoms with van der Waals surface area (Å²) < 4.78 is 2.18. The minimum Gasteiger partial charge on any atom is -0.324 e. The second-order valence-corrected chi connectivity index (χ2v) is 7.61. The van der Waals surface area contributed by atoms with Crippen molar-refractivity contribution in [3.8, 4) is 0 Å². The van der Waals surface area contributed by atoms with E-state index in [4.69, 9.17) is 5.73 Å². The molecule has 0 amide bonds. The van der Waals surface area contributed by atoms with Gasteiger partial charge in [-0.05, 0) is 68.1 Å². The molecule has 0 aliphatic heterocycles. The highest BCUT2D eigenvalue weighted by Crippen LogP contribution is 2.56. The molecule has 0 spiro atoms. The first-order chi connectivity index (χ1) is 9.72. The third-order valence-corrected chi connectivity index (χ3v) is 6.34. The number of nitrogens with two attached hydrogens (primary N) is 1. The molecule has 4 aliphatic carbocycles. The average molecular weight is 273 g/mol. The Labute approximate surface area is 121 Å². The first-order valence-corrected chi connectivity index (χ1v) is 8.50. The van der Waals surface area contributed by atoms with Crippen LogP contribution < -0.4 is 5.73 Å². The lowest BCUT2D eigenvalue weighted by Gasteiger charge is -2.54. The zero-order valence-electron chi connectivity index (χ0n) is 12.5. The minimum absolute atomic E-state index is 0.155. The highest BCUT2D eigenvalue weighted by atomic mass is 15.3. The van der Waals surface area contributed by atoms with E-state index in [1.807, 2.05) is 6.20 Å². The molecule has 3 nitrogen and oxygen atoms in total. The smallest absolute Gasteiger partial charge is 0.0537 e. The van der Waals surface area contributed by atoms with E-state index in [1.54, 1.807) is 0 Å². The fourth-order valence-corrected chi connectivity index (χ4v) is 5.46. The van der Waals surface area contributed by atoms with Crippen molar-refractivity contribution in [3.05, 3.63) is 18.0 Å². The van der Waals surface area contributed by atoms with Gasteiger partial charge >= 0.3 is 0 Å². The summed E-state index contributed by atoms with van der Waals surface area (Å²) in [5.41, 5.74) is 7.31. The highest BCUT2D eigenvalue weighted by molar-refractivity contribution is 5.09. The molecular formula is C17H27N3. The Balaban J connectivity index is 1.48. The van der Waals surface area contributed by atoms with E-state index in [2.05, 4.69) is 22.9 Å². The largest absolute Gasteiger partial charge is 0.324 e. The van der Waals surface area contributed by atoms with E-state index < -0.39 is 0 Å². The predicted molar refractivity (Wildman–Crippen MR) is 80.0 cm³/mol.